The Balaban J connectivity index is 2.71. The van der Waals surface area contributed by atoms with Gasteiger partial charge in [-0.25, -0.2) is 0 Å². The van der Waals surface area contributed by atoms with Gasteiger partial charge in [-0.3, -0.25) is 9.69 Å². The van der Waals surface area contributed by atoms with Crippen LogP contribution in [0.5, 0.6) is 0 Å². The van der Waals surface area contributed by atoms with E-state index in [9.17, 15) is 4.79 Å². The zero-order valence-corrected chi connectivity index (χ0v) is 9.36. The number of carbonyl (C=O) groups is 1. The van der Waals surface area contributed by atoms with E-state index in [-0.39, 0.29) is 11.9 Å². The Morgan fingerprint density at radius 1 is 1.57 bits per heavy atom. The fourth-order valence-electron chi connectivity index (χ4n) is 1.98. The lowest BCUT2D eigenvalue weighted by molar-refractivity contribution is -0.142. The molecule has 4 heteroatoms. The Morgan fingerprint density at radius 2 is 2.21 bits per heavy atom. The van der Waals surface area contributed by atoms with Crippen molar-refractivity contribution in [3.05, 3.63) is 0 Å². The van der Waals surface area contributed by atoms with Gasteiger partial charge >= 0.3 is 0 Å². The first-order valence-corrected chi connectivity index (χ1v) is 5.32. The summed E-state index contributed by atoms with van der Waals surface area (Å²) in [5.41, 5.74) is 5.63. The van der Waals surface area contributed by atoms with Gasteiger partial charge in [-0.15, -0.1) is 0 Å². The summed E-state index contributed by atoms with van der Waals surface area (Å²) in [6, 6.07) is 0.202. The van der Waals surface area contributed by atoms with Gasteiger partial charge in [0, 0.05) is 26.2 Å². The highest BCUT2D eigenvalue weighted by Gasteiger charge is 2.34. The molecule has 2 atom stereocenters. The summed E-state index contributed by atoms with van der Waals surface area (Å²) in [7, 11) is 1.86. The molecule has 1 aliphatic rings. The summed E-state index contributed by atoms with van der Waals surface area (Å²) in [5.74, 6) is 0.166. The molecule has 1 aliphatic heterocycles. The van der Waals surface area contributed by atoms with Crippen LogP contribution in [0.15, 0.2) is 0 Å². The monoisotopic (exact) mass is 199 g/mol. The number of likely N-dealkylation sites (N-methyl/N-ethyl adjacent to an activating group) is 1. The van der Waals surface area contributed by atoms with Crippen LogP contribution in [0.4, 0.5) is 0 Å². The number of piperazine rings is 1. The molecule has 0 radical (unpaired) electrons. The molecule has 2 unspecified atom stereocenters. The van der Waals surface area contributed by atoms with Gasteiger partial charge in [-0.1, -0.05) is 6.92 Å². The predicted octanol–water partition coefficient (Wildman–Crippen LogP) is -0.114. The summed E-state index contributed by atoms with van der Waals surface area (Å²) in [5, 5.41) is 0. The van der Waals surface area contributed by atoms with Crippen LogP contribution in [-0.2, 0) is 4.79 Å². The molecule has 0 saturated carbocycles. The van der Waals surface area contributed by atoms with E-state index in [2.05, 4.69) is 18.7 Å². The van der Waals surface area contributed by atoms with Crippen molar-refractivity contribution in [1.29, 1.82) is 0 Å². The van der Waals surface area contributed by atoms with Gasteiger partial charge in [0.25, 0.3) is 0 Å². The van der Waals surface area contributed by atoms with Crippen molar-refractivity contribution < 1.29 is 4.79 Å². The zero-order chi connectivity index (χ0) is 10.7. The van der Waals surface area contributed by atoms with Gasteiger partial charge in [0.15, 0.2) is 0 Å². The van der Waals surface area contributed by atoms with Gasteiger partial charge < -0.3 is 10.6 Å². The summed E-state index contributed by atoms with van der Waals surface area (Å²) >= 11 is 0. The third-order valence-corrected chi connectivity index (χ3v) is 2.97. The van der Waals surface area contributed by atoms with Crippen LogP contribution < -0.4 is 5.73 Å². The minimum atomic E-state index is -0.101. The van der Waals surface area contributed by atoms with Gasteiger partial charge in [-0.2, -0.15) is 0 Å². The van der Waals surface area contributed by atoms with E-state index in [0.29, 0.717) is 12.6 Å². The number of amides is 1. The van der Waals surface area contributed by atoms with E-state index >= 15 is 0 Å². The number of hydrogen-bond donors (Lipinski definition) is 1. The highest BCUT2D eigenvalue weighted by atomic mass is 16.2. The molecule has 14 heavy (non-hydrogen) atoms. The average molecular weight is 199 g/mol. The second kappa shape index (κ2) is 4.75. The quantitative estimate of drug-likeness (QED) is 0.690. The molecule has 4 nitrogen and oxygen atoms in total. The fourth-order valence-corrected chi connectivity index (χ4v) is 1.98. The molecule has 1 heterocycles. The lowest BCUT2D eigenvalue weighted by Crippen LogP contribution is -2.61. The van der Waals surface area contributed by atoms with Crippen LogP contribution in [0.25, 0.3) is 0 Å². The number of carbonyl (C=O) groups excluding carboxylic acids is 1. The summed E-state index contributed by atoms with van der Waals surface area (Å²) in [6.07, 6.45) is 1.07. The molecule has 82 valence electrons. The number of nitrogens with zero attached hydrogens (tertiary/aromatic N) is 2. The van der Waals surface area contributed by atoms with Crippen molar-refractivity contribution in [2.75, 3.05) is 26.7 Å². The maximum Gasteiger partial charge on any atom is 0.241 e. The van der Waals surface area contributed by atoms with Crippen molar-refractivity contribution in [2.45, 2.75) is 32.4 Å². The van der Waals surface area contributed by atoms with Gasteiger partial charge in [0.05, 0.1) is 0 Å². The summed E-state index contributed by atoms with van der Waals surface area (Å²) in [6.45, 7) is 6.54. The first-order chi connectivity index (χ1) is 6.61. The first-order valence-electron chi connectivity index (χ1n) is 5.32. The highest BCUT2D eigenvalue weighted by Crippen LogP contribution is 2.14. The van der Waals surface area contributed by atoms with E-state index in [0.717, 1.165) is 19.5 Å². The Kier molecular flexibility index (Phi) is 3.89. The van der Waals surface area contributed by atoms with Crippen molar-refractivity contribution in [2.24, 2.45) is 5.73 Å². The maximum atomic E-state index is 11.9. The molecule has 0 aliphatic carbocycles. The molecule has 0 aromatic rings. The fraction of sp³-hybridized carbons (Fsp3) is 0.900. The number of rotatable bonds is 3. The standard InChI is InChI=1S/C10H21N3O/c1-4-5-13-7-8(2)12(3)10(14)9(13)6-11/h8-9H,4-7,11H2,1-3H3. The van der Waals surface area contributed by atoms with Crippen LogP contribution in [0, 0.1) is 0 Å². The van der Waals surface area contributed by atoms with Crippen molar-refractivity contribution in [3.8, 4) is 0 Å². The molecule has 0 bridgehead atoms. The van der Waals surface area contributed by atoms with E-state index in [4.69, 9.17) is 5.73 Å². The Morgan fingerprint density at radius 3 is 2.71 bits per heavy atom. The highest BCUT2D eigenvalue weighted by molar-refractivity contribution is 5.83. The molecular weight excluding hydrogens is 178 g/mol. The molecule has 0 spiro atoms. The second-order valence-corrected chi connectivity index (χ2v) is 4.04. The van der Waals surface area contributed by atoms with Crippen LogP contribution >= 0.6 is 0 Å². The molecule has 0 aromatic heterocycles. The molecule has 1 amide bonds. The molecular formula is C10H21N3O. The summed E-state index contributed by atoms with van der Waals surface area (Å²) < 4.78 is 0. The van der Waals surface area contributed by atoms with Crippen LogP contribution in [0.2, 0.25) is 0 Å². The van der Waals surface area contributed by atoms with E-state index in [1.807, 2.05) is 11.9 Å². The zero-order valence-electron chi connectivity index (χ0n) is 9.36. The predicted molar refractivity (Wildman–Crippen MR) is 56.9 cm³/mol. The smallest absolute Gasteiger partial charge is 0.241 e. The van der Waals surface area contributed by atoms with Crippen LogP contribution in [0.3, 0.4) is 0 Å². The maximum absolute atomic E-state index is 11.9. The normalized spacial score (nSPS) is 29.7. The lowest BCUT2D eigenvalue weighted by atomic mass is 10.1. The lowest BCUT2D eigenvalue weighted by Gasteiger charge is -2.42. The summed E-state index contributed by atoms with van der Waals surface area (Å²) in [4.78, 5) is 15.9. The van der Waals surface area contributed by atoms with Crippen molar-refractivity contribution >= 4 is 5.91 Å². The van der Waals surface area contributed by atoms with Crippen LogP contribution in [0.1, 0.15) is 20.3 Å². The Labute approximate surface area is 86.0 Å². The molecule has 0 aromatic carbocycles. The minimum Gasteiger partial charge on any atom is -0.340 e. The third kappa shape index (κ3) is 2.07. The molecule has 2 N–H and O–H groups in total. The second-order valence-electron chi connectivity index (χ2n) is 4.04. The Bertz CT molecular complexity index is 208. The van der Waals surface area contributed by atoms with E-state index < -0.39 is 0 Å². The molecule has 1 fully saturated rings. The van der Waals surface area contributed by atoms with Gasteiger partial charge in [0.1, 0.15) is 6.04 Å². The molecule has 1 saturated heterocycles. The Hall–Kier alpha value is -0.610. The first kappa shape index (κ1) is 11.5. The minimum absolute atomic E-state index is 0.101. The SMILES string of the molecule is CCCN1CC(C)N(C)C(=O)C1CN. The van der Waals surface area contributed by atoms with E-state index in [1.54, 1.807) is 0 Å². The average Bonchev–Trinajstić information content (AvgIpc) is 2.16. The van der Waals surface area contributed by atoms with E-state index in [1.165, 1.54) is 0 Å². The molecule has 1 rings (SSSR count). The van der Waals surface area contributed by atoms with Gasteiger partial charge in [-0.05, 0) is 19.9 Å². The largest absolute Gasteiger partial charge is 0.340 e. The van der Waals surface area contributed by atoms with Crippen molar-refractivity contribution in [1.82, 2.24) is 9.80 Å². The topological polar surface area (TPSA) is 49.6 Å². The third-order valence-electron chi connectivity index (χ3n) is 2.97. The number of hydrogen-bond acceptors (Lipinski definition) is 3. The number of nitrogens with two attached hydrogens (primary N) is 1. The van der Waals surface area contributed by atoms with Crippen molar-refractivity contribution in [3.63, 3.8) is 0 Å². The van der Waals surface area contributed by atoms with Crippen LogP contribution in [-0.4, -0.2) is 54.5 Å². The van der Waals surface area contributed by atoms with Gasteiger partial charge in [0.2, 0.25) is 5.91 Å².